The van der Waals surface area contributed by atoms with E-state index in [9.17, 15) is 24.4 Å². The third kappa shape index (κ3) is 43.5. The Hall–Kier alpha value is -2.07. The second-order valence-corrected chi connectivity index (χ2v) is 17.0. The van der Waals surface area contributed by atoms with Gasteiger partial charge in [-0.05, 0) is 32.1 Å². The molecule has 0 aliphatic rings. The van der Waals surface area contributed by atoms with Crippen molar-refractivity contribution in [2.45, 2.75) is 225 Å². The molecule has 0 saturated heterocycles. The zero-order valence-electron chi connectivity index (χ0n) is 36.7. The van der Waals surface area contributed by atoms with Crippen molar-refractivity contribution in [2.24, 2.45) is 0 Å². The summed E-state index contributed by atoms with van der Waals surface area (Å²) in [6.45, 7) is 3.42. The number of phosphoric acid groups is 1. The highest BCUT2D eigenvalue weighted by atomic mass is 31.2. The van der Waals surface area contributed by atoms with Gasteiger partial charge in [-0.3, -0.25) is 14.1 Å². The average Bonchev–Trinajstić information content (AvgIpc) is 3.18. The smallest absolute Gasteiger partial charge is 0.462 e. The molecule has 0 aromatic rings. The summed E-state index contributed by atoms with van der Waals surface area (Å²) in [6.07, 6.45) is 44.8. The number of ether oxygens (including phenoxy) is 2. The Morgan fingerprint density at radius 1 is 0.517 bits per heavy atom. The SMILES string of the molecule is CCCCCCCCCCCCCCCCCCCCCCCC(=O)O[C@H](COC(=O)CCC[C@@H](O)/C=C/C=C\C/C=C\C=C\[C@@H](O)CCCCC)COP(=O)(O)O. The van der Waals surface area contributed by atoms with Crippen molar-refractivity contribution >= 4 is 19.8 Å². The summed E-state index contributed by atoms with van der Waals surface area (Å²) in [5, 5.41) is 20.1. The van der Waals surface area contributed by atoms with Crippen molar-refractivity contribution in [3.63, 3.8) is 0 Å². The van der Waals surface area contributed by atoms with Crippen LogP contribution in [0, 0.1) is 0 Å². The Bertz CT molecular complexity index is 1110. The van der Waals surface area contributed by atoms with Crippen LogP contribution in [0.5, 0.6) is 0 Å². The molecule has 0 aliphatic carbocycles. The van der Waals surface area contributed by atoms with Gasteiger partial charge in [0.05, 0.1) is 18.8 Å². The molecule has 0 bridgehead atoms. The number of phosphoric ester groups is 1. The summed E-state index contributed by atoms with van der Waals surface area (Å²) in [5.41, 5.74) is 0. The van der Waals surface area contributed by atoms with Crippen molar-refractivity contribution in [1.29, 1.82) is 0 Å². The van der Waals surface area contributed by atoms with Crippen molar-refractivity contribution < 1.29 is 48.2 Å². The van der Waals surface area contributed by atoms with Gasteiger partial charge >= 0.3 is 19.8 Å². The fourth-order valence-electron chi connectivity index (χ4n) is 6.53. The van der Waals surface area contributed by atoms with Crippen LogP contribution in [0.4, 0.5) is 0 Å². The molecule has 58 heavy (non-hydrogen) atoms. The first kappa shape index (κ1) is 55.9. The van der Waals surface area contributed by atoms with Crippen LogP contribution in [0.3, 0.4) is 0 Å². The lowest BCUT2D eigenvalue weighted by atomic mass is 10.0. The summed E-state index contributed by atoms with van der Waals surface area (Å²) in [6, 6.07) is 0. The van der Waals surface area contributed by atoms with E-state index in [0.717, 1.165) is 44.9 Å². The fraction of sp³-hybridized carbons (Fsp3) is 0.787. The Morgan fingerprint density at radius 2 is 0.914 bits per heavy atom. The summed E-state index contributed by atoms with van der Waals surface area (Å²) >= 11 is 0. The molecule has 11 heteroatoms. The van der Waals surface area contributed by atoms with E-state index < -0.39 is 44.7 Å². The maximum atomic E-state index is 12.5. The van der Waals surface area contributed by atoms with Crippen molar-refractivity contribution in [1.82, 2.24) is 0 Å². The molecule has 0 fully saturated rings. The number of unbranched alkanes of at least 4 members (excludes halogenated alkanes) is 22. The number of allylic oxidation sites excluding steroid dienone is 6. The Balaban J connectivity index is 4.05. The molecular formula is C47H85O10P. The van der Waals surface area contributed by atoms with Crippen LogP contribution in [0.15, 0.2) is 48.6 Å². The molecule has 338 valence electrons. The number of esters is 2. The number of rotatable bonds is 42. The monoisotopic (exact) mass is 841 g/mol. The number of carbonyl (C=O) groups excluding carboxylic acids is 2. The van der Waals surface area contributed by atoms with Gasteiger partial charge in [0.25, 0.3) is 0 Å². The van der Waals surface area contributed by atoms with E-state index >= 15 is 0 Å². The number of carbonyl (C=O) groups is 2. The summed E-state index contributed by atoms with van der Waals surface area (Å²) in [7, 11) is -4.81. The van der Waals surface area contributed by atoms with E-state index in [4.69, 9.17) is 19.3 Å². The first-order chi connectivity index (χ1) is 28.1. The highest BCUT2D eigenvalue weighted by molar-refractivity contribution is 7.46. The van der Waals surface area contributed by atoms with Crippen LogP contribution in [0.25, 0.3) is 0 Å². The van der Waals surface area contributed by atoms with Gasteiger partial charge < -0.3 is 29.5 Å². The third-order valence-corrected chi connectivity index (χ3v) is 10.5. The molecule has 0 spiro atoms. The van der Waals surface area contributed by atoms with E-state index in [0.29, 0.717) is 25.7 Å². The predicted octanol–water partition coefficient (Wildman–Crippen LogP) is 12.2. The van der Waals surface area contributed by atoms with Crippen molar-refractivity contribution in [2.75, 3.05) is 13.2 Å². The Kier molecular flexibility index (Phi) is 40.2. The molecule has 0 rings (SSSR count). The second-order valence-electron chi connectivity index (χ2n) is 15.8. The lowest BCUT2D eigenvalue weighted by Crippen LogP contribution is -2.29. The molecule has 0 aromatic carbocycles. The van der Waals surface area contributed by atoms with Crippen LogP contribution in [0.2, 0.25) is 0 Å². The lowest BCUT2D eigenvalue weighted by molar-refractivity contribution is -0.161. The number of aliphatic hydroxyl groups excluding tert-OH is 2. The predicted molar refractivity (Wildman–Crippen MR) is 237 cm³/mol. The van der Waals surface area contributed by atoms with Gasteiger partial charge in [0.2, 0.25) is 0 Å². The van der Waals surface area contributed by atoms with E-state index in [1.54, 1.807) is 18.2 Å². The highest BCUT2D eigenvalue weighted by Crippen LogP contribution is 2.36. The molecular weight excluding hydrogens is 755 g/mol. The Labute approximate surface area is 353 Å². The molecule has 0 heterocycles. The maximum Gasteiger partial charge on any atom is 0.469 e. The maximum absolute atomic E-state index is 12.5. The van der Waals surface area contributed by atoms with Gasteiger partial charge in [-0.1, -0.05) is 210 Å². The topological polar surface area (TPSA) is 160 Å². The van der Waals surface area contributed by atoms with Crippen LogP contribution < -0.4 is 0 Å². The molecule has 0 radical (unpaired) electrons. The molecule has 0 aliphatic heterocycles. The molecule has 0 unspecified atom stereocenters. The first-order valence-electron chi connectivity index (χ1n) is 23.1. The van der Waals surface area contributed by atoms with Gasteiger partial charge in [0, 0.05) is 12.8 Å². The molecule has 0 saturated carbocycles. The molecule has 4 N–H and O–H groups in total. The van der Waals surface area contributed by atoms with Gasteiger partial charge in [-0.2, -0.15) is 0 Å². The van der Waals surface area contributed by atoms with Gasteiger partial charge in [0.1, 0.15) is 6.61 Å². The van der Waals surface area contributed by atoms with Crippen LogP contribution >= 0.6 is 7.82 Å². The van der Waals surface area contributed by atoms with E-state index in [-0.39, 0.29) is 19.4 Å². The second kappa shape index (κ2) is 41.7. The van der Waals surface area contributed by atoms with Gasteiger partial charge in [-0.15, -0.1) is 0 Å². The lowest BCUT2D eigenvalue weighted by Gasteiger charge is -2.18. The van der Waals surface area contributed by atoms with E-state index in [1.807, 2.05) is 30.4 Å². The minimum atomic E-state index is -4.81. The fourth-order valence-corrected chi connectivity index (χ4v) is 6.89. The minimum absolute atomic E-state index is 0.0197. The van der Waals surface area contributed by atoms with Crippen molar-refractivity contribution in [3.8, 4) is 0 Å². The summed E-state index contributed by atoms with van der Waals surface area (Å²) in [5.74, 6) is -1.11. The van der Waals surface area contributed by atoms with Crippen LogP contribution in [-0.2, 0) is 28.2 Å². The van der Waals surface area contributed by atoms with Crippen molar-refractivity contribution in [3.05, 3.63) is 48.6 Å². The molecule has 3 atom stereocenters. The number of hydrogen-bond acceptors (Lipinski definition) is 8. The normalized spacial score (nSPS) is 14.0. The standard InChI is InChI=1S/C47H85O10P/c1-3-5-7-8-9-10-11-12-13-14-15-16-17-18-19-20-21-22-26-29-33-39-47(51)57-45(42-56-58(52,53)54)41-55-46(50)40-34-38-44(49)37-32-28-25-23-24-27-31-36-43(48)35-30-6-4-2/h24-25,27-28,31-32,36-37,43-45,48-49H,3-23,26,29-30,33-35,38-42H2,1-2H3,(H2,52,53,54)/b27-24-,28-25-,36-31+,37-32+/t43-,44-,45+/m0/s1. The molecule has 0 aromatic heterocycles. The van der Waals surface area contributed by atoms with Crippen LogP contribution in [-0.4, -0.2) is 63.5 Å². The zero-order chi connectivity index (χ0) is 42.8. The number of hydrogen-bond donors (Lipinski definition) is 4. The largest absolute Gasteiger partial charge is 0.469 e. The Morgan fingerprint density at radius 3 is 1.36 bits per heavy atom. The quantitative estimate of drug-likeness (QED) is 0.0202. The number of aliphatic hydroxyl groups is 2. The summed E-state index contributed by atoms with van der Waals surface area (Å²) in [4.78, 5) is 43.0. The minimum Gasteiger partial charge on any atom is -0.462 e. The highest BCUT2D eigenvalue weighted by Gasteiger charge is 2.23. The summed E-state index contributed by atoms with van der Waals surface area (Å²) < 4.78 is 26.3. The average molecular weight is 841 g/mol. The van der Waals surface area contributed by atoms with Gasteiger partial charge in [-0.25, -0.2) is 4.57 Å². The van der Waals surface area contributed by atoms with E-state index in [1.165, 1.54) is 109 Å². The third-order valence-electron chi connectivity index (χ3n) is 10.1. The van der Waals surface area contributed by atoms with Gasteiger partial charge in [0.15, 0.2) is 6.10 Å². The molecule has 0 amide bonds. The van der Waals surface area contributed by atoms with E-state index in [2.05, 4.69) is 18.4 Å². The zero-order valence-corrected chi connectivity index (χ0v) is 37.6. The molecule has 10 nitrogen and oxygen atoms in total. The van der Waals surface area contributed by atoms with Crippen LogP contribution in [0.1, 0.15) is 206 Å². The first-order valence-corrected chi connectivity index (χ1v) is 24.7.